The van der Waals surface area contributed by atoms with E-state index in [4.69, 9.17) is 37.4 Å². The fraction of sp³-hybridized carbons (Fsp3) is 0.143. The molecule has 2 aromatic carbocycles. The van der Waals surface area contributed by atoms with Gasteiger partial charge in [-0.05, 0) is 48.5 Å². The number of rotatable bonds is 6. The maximum absolute atomic E-state index is 5.76. The first-order valence-corrected chi connectivity index (χ1v) is 6.34. The Morgan fingerprint density at radius 3 is 1.37 bits per heavy atom. The SMILES string of the molecule is Clc1ccc(OCOCOc2ccc(Cl)cc2)cc1. The first-order chi connectivity index (χ1) is 9.24. The first kappa shape index (κ1) is 14.0. The summed E-state index contributed by atoms with van der Waals surface area (Å²) in [6.45, 7) is 0.213. The van der Waals surface area contributed by atoms with Gasteiger partial charge in [0.15, 0.2) is 13.6 Å². The molecule has 0 amide bonds. The Morgan fingerprint density at radius 1 is 0.632 bits per heavy atom. The van der Waals surface area contributed by atoms with Crippen molar-refractivity contribution in [2.24, 2.45) is 0 Å². The molecule has 0 aliphatic rings. The summed E-state index contributed by atoms with van der Waals surface area (Å²) in [6.07, 6.45) is 0. The van der Waals surface area contributed by atoms with Gasteiger partial charge in [-0.2, -0.15) is 0 Å². The average Bonchev–Trinajstić information content (AvgIpc) is 2.43. The molecule has 0 unspecified atom stereocenters. The zero-order chi connectivity index (χ0) is 13.5. The van der Waals surface area contributed by atoms with Crippen LogP contribution in [0.1, 0.15) is 0 Å². The van der Waals surface area contributed by atoms with E-state index in [1.54, 1.807) is 48.5 Å². The molecule has 0 heterocycles. The third kappa shape index (κ3) is 4.99. The number of benzene rings is 2. The first-order valence-electron chi connectivity index (χ1n) is 5.58. The third-order valence-electron chi connectivity index (χ3n) is 2.25. The second-order valence-corrected chi connectivity index (χ2v) is 4.51. The van der Waals surface area contributed by atoms with E-state index < -0.39 is 0 Å². The van der Waals surface area contributed by atoms with Gasteiger partial charge in [0.25, 0.3) is 0 Å². The summed E-state index contributed by atoms with van der Waals surface area (Å²) in [5.74, 6) is 1.38. The van der Waals surface area contributed by atoms with Gasteiger partial charge in [0.05, 0.1) is 0 Å². The largest absolute Gasteiger partial charge is 0.467 e. The summed E-state index contributed by atoms with van der Waals surface area (Å²) in [4.78, 5) is 0. The molecule has 5 heteroatoms. The normalized spacial score (nSPS) is 10.2. The number of hydrogen-bond acceptors (Lipinski definition) is 3. The summed E-state index contributed by atoms with van der Waals surface area (Å²) in [5.41, 5.74) is 0. The monoisotopic (exact) mass is 298 g/mol. The fourth-order valence-electron chi connectivity index (χ4n) is 1.32. The van der Waals surface area contributed by atoms with Crippen molar-refractivity contribution in [2.75, 3.05) is 13.6 Å². The lowest BCUT2D eigenvalue weighted by atomic mass is 10.3. The molecule has 0 atom stereocenters. The van der Waals surface area contributed by atoms with E-state index in [0.717, 1.165) is 0 Å². The molecule has 19 heavy (non-hydrogen) atoms. The van der Waals surface area contributed by atoms with Crippen LogP contribution >= 0.6 is 23.2 Å². The molecule has 2 rings (SSSR count). The maximum atomic E-state index is 5.76. The molecule has 0 aliphatic heterocycles. The summed E-state index contributed by atoms with van der Waals surface area (Å²) in [7, 11) is 0. The molecule has 0 aliphatic carbocycles. The summed E-state index contributed by atoms with van der Waals surface area (Å²) >= 11 is 11.5. The zero-order valence-corrected chi connectivity index (χ0v) is 11.5. The molecule has 0 fully saturated rings. The van der Waals surface area contributed by atoms with Gasteiger partial charge in [0.1, 0.15) is 11.5 Å². The predicted octanol–water partition coefficient (Wildman–Crippen LogP) is 4.38. The standard InChI is InChI=1S/C14H12Cl2O3/c15-11-1-5-13(6-2-11)18-9-17-10-19-14-7-3-12(16)4-8-14/h1-8H,9-10H2. The van der Waals surface area contributed by atoms with Gasteiger partial charge < -0.3 is 14.2 Å². The minimum atomic E-state index is 0.106. The average molecular weight is 299 g/mol. The maximum Gasteiger partial charge on any atom is 0.192 e. The smallest absolute Gasteiger partial charge is 0.192 e. The van der Waals surface area contributed by atoms with Crippen molar-refractivity contribution < 1.29 is 14.2 Å². The Morgan fingerprint density at radius 2 is 1.00 bits per heavy atom. The van der Waals surface area contributed by atoms with Gasteiger partial charge in [0.2, 0.25) is 0 Å². The van der Waals surface area contributed by atoms with Crippen LogP contribution in [0.4, 0.5) is 0 Å². The van der Waals surface area contributed by atoms with Gasteiger partial charge in [0, 0.05) is 10.0 Å². The number of ether oxygens (including phenoxy) is 3. The second-order valence-electron chi connectivity index (χ2n) is 3.64. The topological polar surface area (TPSA) is 27.7 Å². The Labute approximate surface area is 121 Å². The van der Waals surface area contributed by atoms with Crippen molar-refractivity contribution in [3.63, 3.8) is 0 Å². The molecule has 0 saturated carbocycles. The Bertz CT molecular complexity index is 450. The molecule has 0 N–H and O–H groups in total. The van der Waals surface area contributed by atoms with E-state index in [0.29, 0.717) is 21.5 Å². The molecule has 0 bridgehead atoms. The second kappa shape index (κ2) is 7.24. The zero-order valence-electron chi connectivity index (χ0n) is 10.0. The predicted molar refractivity (Wildman–Crippen MR) is 75.0 cm³/mol. The lowest BCUT2D eigenvalue weighted by molar-refractivity contribution is -0.0536. The van der Waals surface area contributed by atoms with Crippen molar-refractivity contribution in [3.8, 4) is 11.5 Å². The van der Waals surface area contributed by atoms with E-state index in [1.165, 1.54) is 0 Å². The van der Waals surface area contributed by atoms with E-state index in [1.807, 2.05) is 0 Å². The van der Waals surface area contributed by atoms with Crippen LogP contribution in [0, 0.1) is 0 Å². The van der Waals surface area contributed by atoms with Crippen molar-refractivity contribution in [1.82, 2.24) is 0 Å². The highest BCUT2D eigenvalue weighted by Gasteiger charge is 1.95. The van der Waals surface area contributed by atoms with Crippen LogP contribution in [0.25, 0.3) is 0 Å². The van der Waals surface area contributed by atoms with E-state index in [2.05, 4.69) is 0 Å². The highest BCUT2D eigenvalue weighted by atomic mass is 35.5. The quantitative estimate of drug-likeness (QED) is 0.585. The highest BCUT2D eigenvalue weighted by Crippen LogP contribution is 2.16. The van der Waals surface area contributed by atoms with Gasteiger partial charge in [-0.1, -0.05) is 23.2 Å². The molecule has 3 nitrogen and oxygen atoms in total. The summed E-state index contributed by atoms with van der Waals surface area (Å²) < 4.78 is 15.9. The summed E-state index contributed by atoms with van der Waals surface area (Å²) in [5, 5.41) is 1.33. The third-order valence-corrected chi connectivity index (χ3v) is 2.75. The van der Waals surface area contributed by atoms with Crippen LogP contribution in [0.5, 0.6) is 11.5 Å². The van der Waals surface area contributed by atoms with Gasteiger partial charge in [-0.15, -0.1) is 0 Å². The van der Waals surface area contributed by atoms with Crippen molar-refractivity contribution in [3.05, 3.63) is 58.6 Å². The molecule has 0 radical (unpaired) electrons. The molecule has 0 aromatic heterocycles. The fourth-order valence-corrected chi connectivity index (χ4v) is 1.57. The van der Waals surface area contributed by atoms with Crippen LogP contribution in [0.2, 0.25) is 10.0 Å². The number of halogens is 2. The van der Waals surface area contributed by atoms with Crippen molar-refractivity contribution in [2.45, 2.75) is 0 Å². The van der Waals surface area contributed by atoms with Crippen LogP contribution in [0.3, 0.4) is 0 Å². The molecular formula is C14H12Cl2O3. The van der Waals surface area contributed by atoms with Gasteiger partial charge in [-0.25, -0.2) is 0 Å². The lowest BCUT2D eigenvalue weighted by Crippen LogP contribution is -2.08. The van der Waals surface area contributed by atoms with Gasteiger partial charge in [-0.3, -0.25) is 0 Å². The molecule has 0 spiro atoms. The Balaban J connectivity index is 1.64. The minimum Gasteiger partial charge on any atom is -0.467 e. The molecule has 100 valence electrons. The molecule has 2 aromatic rings. The van der Waals surface area contributed by atoms with Crippen molar-refractivity contribution in [1.29, 1.82) is 0 Å². The Kier molecular flexibility index (Phi) is 5.33. The lowest BCUT2D eigenvalue weighted by Gasteiger charge is -2.08. The van der Waals surface area contributed by atoms with Crippen LogP contribution in [0.15, 0.2) is 48.5 Å². The molecule has 0 saturated heterocycles. The Hall–Kier alpha value is -1.42. The number of hydrogen-bond donors (Lipinski definition) is 0. The van der Waals surface area contributed by atoms with Crippen molar-refractivity contribution >= 4 is 23.2 Å². The van der Waals surface area contributed by atoms with Crippen LogP contribution in [-0.4, -0.2) is 13.6 Å². The molecular weight excluding hydrogens is 287 g/mol. The van der Waals surface area contributed by atoms with E-state index in [-0.39, 0.29) is 13.6 Å². The highest BCUT2D eigenvalue weighted by molar-refractivity contribution is 6.30. The van der Waals surface area contributed by atoms with Crippen LogP contribution in [-0.2, 0) is 4.74 Å². The van der Waals surface area contributed by atoms with E-state index >= 15 is 0 Å². The minimum absolute atomic E-state index is 0.106. The van der Waals surface area contributed by atoms with Crippen LogP contribution < -0.4 is 9.47 Å². The van der Waals surface area contributed by atoms with E-state index in [9.17, 15) is 0 Å². The van der Waals surface area contributed by atoms with Gasteiger partial charge >= 0.3 is 0 Å². The summed E-state index contributed by atoms with van der Waals surface area (Å²) in [6, 6.07) is 14.1.